The molecule has 0 saturated heterocycles. The van der Waals surface area contributed by atoms with E-state index in [1.807, 2.05) is 30.3 Å². The van der Waals surface area contributed by atoms with Crippen LogP contribution in [0, 0.1) is 0 Å². The lowest BCUT2D eigenvalue weighted by Gasteiger charge is -2.22. The van der Waals surface area contributed by atoms with Crippen molar-refractivity contribution >= 4 is 5.97 Å². The van der Waals surface area contributed by atoms with Gasteiger partial charge in [0.05, 0.1) is 26.4 Å². The van der Waals surface area contributed by atoms with Crippen LogP contribution in [0.25, 0.3) is 0 Å². The largest absolute Gasteiger partial charge is 0.501 e. The fourth-order valence-electron chi connectivity index (χ4n) is 1.77. The first kappa shape index (κ1) is 12.6. The lowest BCUT2D eigenvalue weighted by Crippen LogP contribution is -2.27. The number of rotatable bonds is 5. The summed E-state index contributed by atoms with van der Waals surface area (Å²) in [5, 5.41) is 0. The second-order valence-electron chi connectivity index (χ2n) is 4.08. The minimum Gasteiger partial charge on any atom is -0.501 e. The van der Waals surface area contributed by atoms with Crippen molar-refractivity contribution in [2.24, 2.45) is 0 Å². The zero-order valence-corrected chi connectivity index (χ0v) is 10.3. The summed E-state index contributed by atoms with van der Waals surface area (Å²) in [4.78, 5) is 11.2. The van der Waals surface area contributed by atoms with Gasteiger partial charge >= 0.3 is 5.97 Å². The van der Waals surface area contributed by atoms with Crippen LogP contribution >= 0.6 is 0 Å². The number of carbonyl (C=O) groups is 1. The third-order valence-corrected chi connectivity index (χ3v) is 2.67. The molecule has 1 aromatic carbocycles. The van der Waals surface area contributed by atoms with Crippen LogP contribution in [-0.2, 0) is 25.6 Å². The van der Waals surface area contributed by atoms with Gasteiger partial charge in [0, 0.05) is 6.42 Å². The molecule has 18 heavy (non-hydrogen) atoms. The fraction of sp³-hybridized carbons (Fsp3) is 0.357. The number of ether oxygens (including phenoxy) is 3. The molecular formula is C14H16O4. The minimum atomic E-state index is -0.369. The van der Waals surface area contributed by atoms with Gasteiger partial charge in [0.15, 0.2) is 0 Å². The Hall–Kier alpha value is -1.81. The average Bonchev–Trinajstić information content (AvgIpc) is 2.39. The maximum atomic E-state index is 11.2. The van der Waals surface area contributed by atoms with Crippen LogP contribution in [0.3, 0.4) is 0 Å². The normalized spacial score (nSPS) is 19.1. The predicted octanol–water partition coefficient (Wildman–Crippen LogP) is 2.05. The van der Waals surface area contributed by atoms with Crippen LogP contribution in [0.15, 0.2) is 42.2 Å². The molecule has 0 unspecified atom stereocenters. The molecule has 0 aromatic heterocycles. The molecule has 0 spiro atoms. The Bertz CT molecular complexity index is 425. The van der Waals surface area contributed by atoms with Gasteiger partial charge in [-0.05, 0) is 5.56 Å². The van der Waals surface area contributed by atoms with Gasteiger partial charge in [0.2, 0.25) is 0 Å². The van der Waals surface area contributed by atoms with E-state index in [9.17, 15) is 4.79 Å². The predicted molar refractivity (Wildman–Crippen MR) is 65.7 cm³/mol. The first-order valence-corrected chi connectivity index (χ1v) is 5.85. The molecular weight excluding hydrogens is 232 g/mol. The summed E-state index contributed by atoms with van der Waals surface area (Å²) in [6.45, 7) is 0.891. The van der Waals surface area contributed by atoms with E-state index in [2.05, 4.69) is 0 Å². The van der Waals surface area contributed by atoms with Gasteiger partial charge in [-0.1, -0.05) is 30.3 Å². The molecule has 0 saturated carbocycles. The fourth-order valence-corrected chi connectivity index (χ4v) is 1.77. The molecule has 2 rings (SSSR count). The number of hydrogen-bond acceptors (Lipinski definition) is 4. The zero-order chi connectivity index (χ0) is 12.8. The quantitative estimate of drug-likeness (QED) is 0.748. The molecule has 0 amide bonds. The van der Waals surface area contributed by atoms with E-state index in [1.54, 1.807) is 7.11 Å². The molecule has 96 valence electrons. The Morgan fingerprint density at radius 3 is 2.83 bits per heavy atom. The van der Waals surface area contributed by atoms with E-state index < -0.39 is 0 Å². The van der Waals surface area contributed by atoms with Crippen molar-refractivity contribution in [3.8, 4) is 0 Å². The zero-order valence-electron chi connectivity index (χ0n) is 10.3. The lowest BCUT2D eigenvalue weighted by molar-refractivity contribution is -0.149. The number of hydrogen-bond donors (Lipinski definition) is 0. The van der Waals surface area contributed by atoms with E-state index in [0.717, 1.165) is 5.56 Å². The Labute approximate surface area is 106 Å². The van der Waals surface area contributed by atoms with Crippen molar-refractivity contribution in [1.29, 1.82) is 0 Å². The summed E-state index contributed by atoms with van der Waals surface area (Å²) in [6, 6.07) is 9.87. The van der Waals surface area contributed by atoms with E-state index >= 15 is 0 Å². The molecule has 0 N–H and O–H groups in total. The summed E-state index contributed by atoms with van der Waals surface area (Å²) < 4.78 is 15.7. The summed E-state index contributed by atoms with van der Waals surface area (Å²) in [6.07, 6.45) is 1.67. The van der Waals surface area contributed by atoms with Gasteiger partial charge in [-0.2, -0.15) is 0 Å². The highest BCUT2D eigenvalue weighted by Crippen LogP contribution is 2.16. The van der Waals surface area contributed by atoms with Crippen molar-refractivity contribution in [2.45, 2.75) is 19.1 Å². The molecule has 4 heteroatoms. The summed E-state index contributed by atoms with van der Waals surface area (Å²) in [5.41, 5.74) is 1.10. The first-order valence-electron chi connectivity index (χ1n) is 5.85. The number of cyclic esters (lactones) is 1. The summed E-state index contributed by atoms with van der Waals surface area (Å²) in [5.74, 6) is 0.269. The summed E-state index contributed by atoms with van der Waals surface area (Å²) >= 11 is 0. The maximum absolute atomic E-state index is 11.2. The molecule has 0 fully saturated rings. The van der Waals surface area contributed by atoms with Gasteiger partial charge in [-0.15, -0.1) is 0 Å². The van der Waals surface area contributed by atoms with E-state index in [-0.39, 0.29) is 12.1 Å². The highest BCUT2D eigenvalue weighted by atomic mass is 16.6. The first-order chi connectivity index (χ1) is 8.78. The monoisotopic (exact) mass is 248 g/mol. The van der Waals surface area contributed by atoms with Crippen molar-refractivity contribution in [3.05, 3.63) is 47.7 Å². The van der Waals surface area contributed by atoms with Crippen molar-refractivity contribution in [3.63, 3.8) is 0 Å². The van der Waals surface area contributed by atoms with Crippen molar-refractivity contribution in [2.75, 3.05) is 13.7 Å². The van der Waals surface area contributed by atoms with E-state index in [0.29, 0.717) is 25.4 Å². The molecule has 1 aromatic rings. The SMILES string of the molecule is COC1=CC(=O)O[C@@H](COCc2ccccc2)C1. The molecule has 0 aliphatic carbocycles. The Morgan fingerprint density at radius 2 is 2.11 bits per heavy atom. The van der Waals surface area contributed by atoms with Crippen LogP contribution in [0.1, 0.15) is 12.0 Å². The Balaban J connectivity index is 1.78. The highest BCUT2D eigenvalue weighted by Gasteiger charge is 2.22. The van der Waals surface area contributed by atoms with Gasteiger partial charge in [-0.3, -0.25) is 0 Å². The standard InChI is InChI=1S/C14H16O4/c1-16-12-7-13(18-14(15)8-12)10-17-9-11-5-3-2-4-6-11/h2-6,8,13H,7,9-10H2,1H3/t13-/m1/s1. The van der Waals surface area contributed by atoms with Gasteiger partial charge in [0.1, 0.15) is 11.9 Å². The van der Waals surface area contributed by atoms with Gasteiger partial charge < -0.3 is 14.2 Å². The van der Waals surface area contributed by atoms with Crippen LogP contribution in [0.4, 0.5) is 0 Å². The molecule has 4 nitrogen and oxygen atoms in total. The van der Waals surface area contributed by atoms with Gasteiger partial charge in [-0.25, -0.2) is 4.79 Å². The van der Waals surface area contributed by atoms with E-state index in [4.69, 9.17) is 14.2 Å². The second-order valence-corrected chi connectivity index (χ2v) is 4.08. The minimum absolute atomic E-state index is 0.263. The molecule has 1 aliphatic heterocycles. The van der Waals surface area contributed by atoms with Crippen molar-refractivity contribution in [1.82, 2.24) is 0 Å². The molecule has 1 atom stereocenters. The lowest BCUT2D eigenvalue weighted by atomic mass is 10.2. The third-order valence-electron chi connectivity index (χ3n) is 2.67. The van der Waals surface area contributed by atoms with Crippen LogP contribution < -0.4 is 0 Å². The van der Waals surface area contributed by atoms with Gasteiger partial charge in [0.25, 0.3) is 0 Å². The second kappa shape index (κ2) is 6.21. The Morgan fingerprint density at radius 1 is 1.33 bits per heavy atom. The Kier molecular flexibility index (Phi) is 4.36. The van der Waals surface area contributed by atoms with Crippen LogP contribution in [0.5, 0.6) is 0 Å². The van der Waals surface area contributed by atoms with Crippen LogP contribution in [0.2, 0.25) is 0 Å². The smallest absolute Gasteiger partial charge is 0.334 e. The molecule has 0 radical (unpaired) electrons. The summed E-state index contributed by atoms with van der Waals surface area (Å²) in [7, 11) is 1.55. The maximum Gasteiger partial charge on any atom is 0.334 e. The van der Waals surface area contributed by atoms with Crippen molar-refractivity contribution < 1.29 is 19.0 Å². The third kappa shape index (κ3) is 3.60. The highest BCUT2D eigenvalue weighted by molar-refractivity contribution is 5.83. The van der Waals surface area contributed by atoms with E-state index in [1.165, 1.54) is 6.08 Å². The molecule has 0 bridgehead atoms. The number of methoxy groups -OCH3 is 1. The number of benzene rings is 1. The topological polar surface area (TPSA) is 44.8 Å². The molecule has 1 heterocycles. The number of carbonyl (C=O) groups excluding carboxylic acids is 1. The molecule has 1 aliphatic rings. The van der Waals surface area contributed by atoms with Crippen LogP contribution in [-0.4, -0.2) is 25.8 Å². The number of esters is 1. The average molecular weight is 248 g/mol.